The Morgan fingerprint density at radius 3 is 2.91 bits per heavy atom. The average Bonchev–Trinajstić information content (AvgIpc) is 3.14. The highest BCUT2D eigenvalue weighted by molar-refractivity contribution is 6.23. The summed E-state index contributed by atoms with van der Waals surface area (Å²) in [5, 5.41) is 0. The molecule has 0 aliphatic carbocycles. The molecule has 0 N–H and O–H groups in total. The number of carbonyl (C=O) groups is 2. The number of imide groups is 1. The summed E-state index contributed by atoms with van der Waals surface area (Å²) in [4.78, 5) is 32.7. The lowest BCUT2D eigenvalue weighted by Crippen LogP contribution is -2.41. The lowest BCUT2D eigenvalue weighted by molar-refractivity contribution is -0.123. The summed E-state index contributed by atoms with van der Waals surface area (Å²) in [7, 11) is 0. The van der Waals surface area contributed by atoms with Crippen molar-refractivity contribution in [2.75, 3.05) is 11.4 Å². The number of hydrogen-bond donors (Lipinski definition) is 0. The highest BCUT2D eigenvalue weighted by atomic mass is 16.3. The van der Waals surface area contributed by atoms with Gasteiger partial charge in [0.25, 0.3) is 5.91 Å². The Hall–Kier alpha value is -2.37. The zero-order chi connectivity index (χ0) is 15.5. The average molecular weight is 299 g/mol. The molecule has 1 atom stereocenters. The minimum Gasteiger partial charge on any atom is -0.441 e. The molecule has 2 aliphatic heterocycles. The van der Waals surface area contributed by atoms with Crippen molar-refractivity contribution < 1.29 is 14.0 Å². The fourth-order valence-electron chi connectivity index (χ4n) is 3.42. The Morgan fingerprint density at radius 2 is 2.18 bits per heavy atom. The van der Waals surface area contributed by atoms with E-state index in [-0.39, 0.29) is 11.9 Å². The van der Waals surface area contributed by atoms with E-state index >= 15 is 0 Å². The molecule has 2 aliphatic rings. The molecule has 4 rings (SSSR count). The van der Waals surface area contributed by atoms with Gasteiger partial charge in [0, 0.05) is 13.0 Å². The number of oxazole rings is 1. The molecule has 0 saturated carbocycles. The van der Waals surface area contributed by atoms with Gasteiger partial charge in [0.2, 0.25) is 0 Å². The van der Waals surface area contributed by atoms with Crippen LogP contribution in [0.4, 0.5) is 10.5 Å². The highest BCUT2D eigenvalue weighted by Crippen LogP contribution is 2.39. The van der Waals surface area contributed by atoms with Crippen LogP contribution in [-0.4, -0.2) is 33.9 Å². The van der Waals surface area contributed by atoms with Crippen LogP contribution in [0.15, 0.2) is 22.6 Å². The zero-order valence-corrected chi connectivity index (χ0v) is 12.6. The molecule has 1 aromatic heterocycles. The number of anilines is 1. The van der Waals surface area contributed by atoms with Crippen LogP contribution >= 0.6 is 0 Å². The van der Waals surface area contributed by atoms with Crippen LogP contribution in [0.5, 0.6) is 0 Å². The lowest BCUT2D eigenvalue weighted by Gasteiger charge is -2.22. The molecule has 22 heavy (non-hydrogen) atoms. The van der Waals surface area contributed by atoms with Crippen LogP contribution in [0.3, 0.4) is 0 Å². The Kier molecular flexibility index (Phi) is 2.61. The summed E-state index contributed by atoms with van der Waals surface area (Å²) in [5.41, 5.74) is 1.22. The molecular weight excluding hydrogens is 282 g/mol. The van der Waals surface area contributed by atoms with Crippen LogP contribution in [-0.2, 0) is 11.2 Å². The summed E-state index contributed by atoms with van der Waals surface area (Å²) in [5.74, 6) is 0.507. The topological polar surface area (TPSA) is 66.7 Å². The van der Waals surface area contributed by atoms with Crippen molar-refractivity contribution in [2.45, 2.75) is 38.6 Å². The second-order valence-corrected chi connectivity index (χ2v) is 6.07. The number of fused-ring (bicyclic) bond motifs is 2. The lowest BCUT2D eigenvalue weighted by atomic mass is 9.99. The molecule has 3 heterocycles. The number of carbonyl (C=O) groups excluding carboxylic acids is 2. The summed E-state index contributed by atoms with van der Waals surface area (Å²) in [6.45, 7) is 4.46. The van der Waals surface area contributed by atoms with E-state index in [4.69, 9.17) is 4.42 Å². The van der Waals surface area contributed by atoms with Gasteiger partial charge in [0.15, 0.2) is 11.5 Å². The monoisotopic (exact) mass is 299 g/mol. The van der Waals surface area contributed by atoms with E-state index in [1.165, 1.54) is 4.90 Å². The highest BCUT2D eigenvalue weighted by Gasteiger charge is 2.56. The van der Waals surface area contributed by atoms with Gasteiger partial charge in [0.05, 0.1) is 5.69 Å². The molecule has 0 spiro atoms. The third-order valence-corrected chi connectivity index (χ3v) is 4.70. The minimum atomic E-state index is -0.690. The Balaban J connectivity index is 1.78. The first kappa shape index (κ1) is 13.3. The molecule has 1 aromatic carbocycles. The van der Waals surface area contributed by atoms with Gasteiger partial charge in [-0.3, -0.25) is 4.79 Å². The summed E-state index contributed by atoms with van der Waals surface area (Å²) >= 11 is 0. The van der Waals surface area contributed by atoms with Crippen molar-refractivity contribution in [3.63, 3.8) is 0 Å². The summed E-state index contributed by atoms with van der Waals surface area (Å²) < 4.78 is 5.57. The van der Waals surface area contributed by atoms with Gasteiger partial charge in [-0.2, -0.15) is 0 Å². The molecule has 2 saturated heterocycles. The van der Waals surface area contributed by atoms with Crippen LogP contribution < -0.4 is 4.90 Å². The largest absolute Gasteiger partial charge is 0.441 e. The van der Waals surface area contributed by atoms with E-state index in [0.29, 0.717) is 35.6 Å². The van der Waals surface area contributed by atoms with E-state index in [0.717, 1.165) is 12.8 Å². The SMILES string of the molecule is CCc1nc2cc(N3C(=O)N4CCC[C@@]4(C)C3=O)ccc2o1. The number of amides is 3. The molecule has 6 heteroatoms. The standard InChI is InChI=1S/C16H17N3O3/c1-3-13-17-11-9-10(5-6-12(11)22-13)19-14(20)16(2)7-4-8-18(16)15(19)21/h5-6,9H,3-4,7-8H2,1-2H3/t16-/m0/s1. The van der Waals surface area contributed by atoms with Gasteiger partial charge in [-0.15, -0.1) is 0 Å². The first-order valence-electron chi connectivity index (χ1n) is 7.60. The summed E-state index contributed by atoms with van der Waals surface area (Å²) in [6, 6.07) is 5.03. The third kappa shape index (κ3) is 1.58. The maximum Gasteiger partial charge on any atom is 0.332 e. The van der Waals surface area contributed by atoms with E-state index < -0.39 is 5.54 Å². The number of aromatic nitrogens is 1. The van der Waals surface area contributed by atoms with E-state index in [1.807, 2.05) is 13.8 Å². The van der Waals surface area contributed by atoms with Crippen molar-refractivity contribution in [3.05, 3.63) is 24.1 Å². The molecule has 2 aromatic rings. The van der Waals surface area contributed by atoms with Gasteiger partial charge < -0.3 is 9.32 Å². The number of urea groups is 1. The first-order chi connectivity index (χ1) is 10.5. The van der Waals surface area contributed by atoms with Gasteiger partial charge in [0.1, 0.15) is 11.1 Å². The maximum atomic E-state index is 12.7. The molecular formula is C16H17N3O3. The first-order valence-corrected chi connectivity index (χ1v) is 7.60. The molecule has 6 nitrogen and oxygen atoms in total. The zero-order valence-electron chi connectivity index (χ0n) is 12.6. The second kappa shape index (κ2) is 4.32. The fourth-order valence-corrected chi connectivity index (χ4v) is 3.42. The Morgan fingerprint density at radius 1 is 1.36 bits per heavy atom. The van der Waals surface area contributed by atoms with Gasteiger partial charge in [-0.05, 0) is 38.0 Å². The van der Waals surface area contributed by atoms with Crippen molar-refractivity contribution in [3.8, 4) is 0 Å². The van der Waals surface area contributed by atoms with Crippen LogP contribution in [0.25, 0.3) is 11.1 Å². The fraction of sp³-hybridized carbons (Fsp3) is 0.438. The number of rotatable bonds is 2. The number of aryl methyl sites for hydroxylation is 1. The number of hydrogen-bond acceptors (Lipinski definition) is 4. The minimum absolute atomic E-state index is 0.145. The molecule has 0 unspecified atom stereocenters. The Labute approximate surface area is 127 Å². The normalized spacial score (nSPS) is 24.6. The predicted molar refractivity (Wildman–Crippen MR) is 80.6 cm³/mol. The van der Waals surface area contributed by atoms with Crippen LogP contribution in [0.1, 0.15) is 32.6 Å². The van der Waals surface area contributed by atoms with E-state index in [1.54, 1.807) is 23.1 Å². The van der Waals surface area contributed by atoms with Gasteiger partial charge in [-0.1, -0.05) is 6.92 Å². The molecule has 114 valence electrons. The van der Waals surface area contributed by atoms with Crippen LogP contribution in [0.2, 0.25) is 0 Å². The van der Waals surface area contributed by atoms with E-state index in [2.05, 4.69) is 4.98 Å². The third-order valence-electron chi connectivity index (χ3n) is 4.70. The number of benzene rings is 1. The van der Waals surface area contributed by atoms with Crippen LogP contribution in [0, 0.1) is 0 Å². The van der Waals surface area contributed by atoms with Crippen molar-refractivity contribution in [2.24, 2.45) is 0 Å². The van der Waals surface area contributed by atoms with Crippen molar-refractivity contribution in [1.82, 2.24) is 9.88 Å². The number of nitrogens with zero attached hydrogens (tertiary/aromatic N) is 3. The van der Waals surface area contributed by atoms with Crippen molar-refractivity contribution >= 4 is 28.7 Å². The smallest absolute Gasteiger partial charge is 0.332 e. The molecule has 3 amide bonds. The summed E-state index contributed by atoms with van der Waals surface area (Å²) in [6.07, 6.45) is 2.31. The molecule has 0 bridgehead atoms. The molecule has 0 radical (unpaired) electrons. The second-order valence-electron chi connectivity index (χ2n) is 6.07. The van der Waals surface area contributed by atoms with Crippen molar-refractivity contribution in [1.29, 1.82) is 0 Å². The molecule has 2 fully saturated rings. The van der Waals surface area contributed by atoms with Gasteiger partial charge in [-0.25, -0.2) is 14.7 Å². The quantitative estimate of drug-likeness (QED) is 0.800. The maximum absolute atomic E-state index is 12.7. The Bertz CT molecular complexity index is 797. The van der Waals surface area contributed by atoms with Gasteiger partial charge >= 0.3 is 6.03 Å². The predicted octanol–water partition coefficient (Wildman–Crippen LogP) is 2.71. The van der Waals surface area contributed by atoms with E-state index in [9.17, 15) is 9.59 Å².